The lowest BCUT2D eigenvalue weighted by Gasteiger charge is -2.03. The van der Waals surface area contributed by atoms with E-state index in [0.29, 0.717) is 10.4 Å². The minimum absolute atomic E-state index is 0.0106. The Hall–Kier alpha value is -2.54. The lowest BCUT2D eigenvalue weighted by molar-refractivity contribution is 0.215. The Morgan fingerprint density at radius 1 is 1.19 bits per heavy atom. The van der Waals surface area contributed by atoms with E-state index in [4.69, 9.17) is 4.74 Å². The van der Waals surface area contributed by atoms with Gasteiger partial charge in [-0.2, -0.15) is 0 Å². The first-order valence-corrected chi connectivity index (χ1v) is 6.73. The van der Waals surface area contributed by atoms with Crippen LogP contribution in [0.2, 0.25) is 0 Å². The van der Waals surface area contributed by atoms with Gasteiger partial charge in [0.15, 0.2) is 10.9 Å². The van der Waals surface area contributed by atoms with Crippen molar-refractivity contribution < 1.29 is 18.3 Å². The number of rotatable bonds is 2. The number of hydrogen-bond acceptors (Lipinski definition) is 4. The Morgan fingerprint density at radius 3 is 2.71 bits per heavy atom. The molecule has 0 spiro atoms. The molecule has 2 aromatic carbocycles. The van der Waals surface area contributed by atoms with E-state index in [1.54, 1.807) is 30.3 Å². The SMILES string of the molecule is O=C(Nc1nc2c(F)cc(F)cc2s1)Oc1ccccc1. The topological polar surface area (TPSA) is 51.2 Å². The summed E-state index contributed by atoms with van der Waals surface area (Å²) < 4.78 is 31.9. The fourth-order valence-electron chi connectivity index (χ4n) is 1.72. The molecule has 1 heterocycles. The van der Waals surface area contributed by atoms with Gasteiger partial charge in [0.2, 0.25) is 0 Å². The summed E-state index contributed by atoms with van der Waals surface area (Å²) in [6.07, 6.45) is -0.749. The average Bonchev–Trinajstić information content (AvgIpc) is 2.82. The zero-order valence-corrected chi connectivity index (χ0v) is 11.3. The van der Waals surface area contributed by atoms with Crippen molar-refractivity contribution in [1.29, 1.82) is 0 Å². The molecule has 0 aliphatic rings. The standard InChI is InChI=1S/C14H8F2N2O2S/c15-8-6-10(16)12-11(7-8)21-13(17-12)18-14(19)20-9-4-2-1-3-5-9/h1-7H,(H,17,18,19). The van der Waals surface area contributed by atoms with Gasteiger partial charge in [0, 0.05) is 6.07 Å². The zero-order chi connectivity index (χ0) is 14.8. The highest BCUT2D eigenvalue weighted by molar-refractivity contribution is 7.22. The van der Waals surface area contributed by atoms with Crippen molar-refractivity contribution in [2.75, 3.05) is 5.32 Å². The number of carbonyl (C=O) groups is 1. The average molecular weight is 306 g/mol. The summed E-state index contributed by atoms with van der Waals surface area (Å²) in [5, 5.41) is 2.52. The van der Waals surface area contributed by atoms with Crippen LogP contribution in [0, 0.1) is 11.6 Å². The third kappa shape index (κ3) is 2.97. The Balaban J connectivity index is 1.79. The quantitative estimate of drug-likeness (QED) is 0.772. The van der Waals surface area contributed by atoms with Gasteiger partial charge in [-0.05, 0) is 18.2 Å². The number of fused-ring (bicyclic) bond motifs is 1. The van der Waals surface area contributed by atoms with Crippen LogP contribution in [0.1, 0.15) is 0 Å². The van der Waals surface area contributed by atoms with Crippen molar-refractivity contribution in [1.82, 2.24) is 4.98 Å². The monoisotopic (exact) mass is 306 g/mol. The number of anilines is 1. The van der Waals surface area contributed by atoms with Crippen LogP contribution < -0.4 is 10.1 Å². The summed E-state index contributed by atoms with van der Waals surface area (Å²) in [7, 11) is 0. The molecule has 1 aromatic heterocycles. The summed E-state index contributed by atoms with van der Waals surface area (Å²) in [6, 6.07) is 10.4. The molecule has 106 valence electrons. The van der Waals surface area contributed by atoms with Crippen molar-refractivity contribution in [3.05, 3.63) is 54.1 Å². The molecule has 0 fully saturated rings. The number of aromatic nitrogens is 1. The number of para-hydroxylation sites is 1. The number of nitrogens with zero attached hydrogens (tertiary/aromatic N) is 1. The van der Waals surface area contributed by atoms with E-state index in [-0.39, 0.29) is 10.6 Å². The molecule has 0 atom stereocenters. The first-order chi connectivity index (χ1) is 10.1. The lowest BCUT2D eigenvalue weighted by Crippen LogP contribution is -2.16. The number of nitrogens with one attached hydrogen (secondary N) is 1. The molecular formula is C14H8F2N2O2S. The van der Waals surface area contributed by atoms with E-state index in [9.17, 15) is 13.6 Å². The molecule has 21 heavy (non-hydrogen) atoms. The van der Waals surface area contributed by atoms with E-state index in [2.05, 4.69) is 10.3 Å². The van der Waals surface area contributed by atoms with Crippen LogP contribution in [-0.2, 0) is 0 Å². The molecule has 0 aliphatic carbocycles. The predicted molar refractivity (Wildman–Crippen MR) is 75.6 cm³/mol. The van der Waals surface area contributed by atoms with Gasteiger partial charge in [-0.3, -0.25) is 5.32 Å². The Bertz CT molecular complexity index is 805. The molecule has 1 N–H and O–H groups in total. The van der Waals surface area contributed by atoms with Crippen LogP contribution in [0.5, 0.6) is 5.75 Å². The molecule has 4 nitrogen and oxygen atoms in total. The first-order valence-electron chi connectivity index (χ1n) is 5.91. The van der Waals surface area contributed by atoms with Gasteiger partial charge in [-0.1, -0.05) is 29.5 Å². The maximum Gasteiger partial charge on any atom is 0.418 e. The second-order valence-electron chi connectivity index (χ2n) is 4.08. The molecule has 0 saturated carbocycles. The van der Waals surface area contributed by atoms with Crippen LogP contribution in [0.3, 0.4) is 0 Å². The van der Waals surface area contributed by atoms with Gasteiger partial charge in [0.1, 0.15) is 17.1 Å². The molecular weight excluding hydrogens is 298 g/mol. The third-order valence-corrected chi connectivity index (χ3v) is 3.49. The summed E-state index contributed by atoms with van der Waals surface area (Å²) >= 11 is 0.961. The fraction of sp³-hybridized carbons (Fsp3) is 0. The highest BCUT2D eigenvalue weighted by Crippen LogP contribution is 2.28. The Labute approximate surface area is 122 Å². The smallest absolute Gasteiger partial charge is 0.410 e. The number of carbonyl (C=O) groups excluding carboxylic acids is 1. The Kier molecular flexibility index (Phi) is 3.49. The van der Waals surface area contributed by atoms with Crippen molar-refractivity contribution in [2.24, 2.45) is 0 Å². The van der Waals surface area contributed by atoms with Crippen LogP contribution in [-0.4, -0.2) is 11.1 Å². The number of ether oxygens (including phenoxy) is 1. The number of amides is 1. The highest BCUT2D eigenvalue weighted by atomic mass is 32.1. The van der Waals surface area contributed by atoms with E-state index < -0.39 is 17.7 Å². The molecule has 3 aromatic rings. The normalized spacial score (nSPS) is 10.6. The summed E-state index contributed by atoms with van der Waals surface area (Å²) in [5.41, 5.74) is 0.0106. The number of halogens is 2. The van der Waals surface area contributed by atoms with E-state index >= 15 is 0 Å². The molecule has 0 radical (unpaired) electrons. The number of hydrogen-bond donors (Lipinski definition) is 1. The van der Waals surface area contributed by atoms with E-state index in [0.717, 1.165) is 23.5 Å². The third-order valence-electron chi connectivity index (χ3n) is 2.58. The van der Waals surface area contributed by atoms with Crippen LogP contribution in [0.4, 0.5) is 18.7 Å². The minimum Gasteiger partial charge on any atom is -0.410 e. The molecule has 1 amide bonds. The van der Waals surface area contributed by atoms with Gasteiger partial charge in [0.25, 0.3) is 0 Å². The van der Waals surface area contributed by atoms with Crippen LogP contribution >= 0.6 is 11.3 Å². The summed E-state index contributed by atoms with van der Waals surface area (Å²) in [4.78, 5) is 15.6. The van der Waals surface area contributed by atoms with Crippen LogP contribution in [0.25, 0.3) is 10.2 Å². The van der Waals surface area contributed by atoms with Gasteiger partial charge in [0.05, 0.1) is 4.70 Å². The second kappa shape index (κ2) is 5.45. The van der Waals surface area contributed by atoms with Crippen molar-refractivity contribution in [3.63, 3.8) is 0 Å². The van der Waals surface area contributed by atoms with Crippen molar-refractivity contribution >= 4 is 32.8 Å². The maximum absolute atomic E-state index is 13.5. The predicted octanol–water partition coefficient (Wildman–Crippen LogP) is 4.19. The molecule has 7 heteroatoms. The molecule has 0 saturated heterocycles. The first kappa shape index (κ1) is 13.4. The lowest BCUT2D eigenvalue weighted by atomic mass is 10.3. The van der Waals surface area contributed by atoms with E-state index in [1.807, 2.05) is 0 Å². The van der Waals surface area contributed by atoms with Crippen LogP contribution in [0.15, 0.2) is 42.5 Å². The summed E-state index contributed by atoms with van der Waals surface area (Å²) in [6.45, 7) is 0. The molecule has 0 bridgehead atoms. The second-order valence-corrected chi connectivity index (χ2v) is 5.11. The van der Waals surface area contributed by atoms with Crippen molar-refractivity contribution in [2.45, 2.75) is 0 Å². The maximum atomic E-state index is 13.5. The Morgan fingerprint density at radius 2 is 1.95 bits per heavy atom. The molecule has 0 aliphatic heterocycles. The highest BCUT2D eigenvalue weighted by Gasteiger charge is 2.13. The van der Waals surface area contributed by atoms with Crippen molar-refractivity contribution in [3.8, 4) is 5.75 Å². The minimum atomic E-state index is -0.772. The number of benzene rings is 2. The largest absolute Gasteiger partial charge is 0.418 e. The fourth-order valence-corrected chi connectivity index (χ4v) is 2.61. The summed E-state index contributed by atoms with van der Waals surface area (Å²) in [5.74, 6) is -1.10. The molecule has 0 unspecified atom stereocenters. The number of thiazole rings is 1. The van der Waals surface area contributed by atoms with Gasteiger partial charge >= 0.3 is 6.09 Å². The zero-order valence-electron chi connectivity index (χ0n) is 10.5. The van der Waals surface area contributed by atoms with E-state index in [1.165, 1.54) is 0 Å². The van der Waals surface area contributed by atoms with Gasteiger partial charge < -0.3 is 4.74 Å². The van der Waals surface area contributed by atoms with Gasteiger partial charge in [-0.15, -0.1) is 0 Å². The van der Waals surface area contributed by atoms with Gasteiger partial charge in [-0.25, -0.2) is 18.6 Å². The molecule has 3 rings (SSSR count).